The predicted molar refractivity (Wildman–Crippen MR) is 124 cm³/mol. The number of piperazine rings is 1. The summed E-state index contributed by atoms with van der Waals surface area (Å²) in [6.07, 6.45) is 0. The van der Waals surface area contributed by atoms with Crippen LogP contribution in [0.4, 0.5) is 11.7 Å². The van der Waals surface area contributed by atoms with Crippen molar-refractivity contribution < 1.29 is 13.9 Å². The Labute approximate surface area is 191 Å². The molecule has 32 heavy (non-hydrogen) atoms. The number of halogens is 1. The van der Waals surface area contributed by atoms with Crippen LogP contribution >= 0.6 is 11.6 Å². The molecule has 2 aromatic heterocycles. The molecule has 0 atom stereocenters. The fraction of sp³-hybridized carbons (Fsp3) is 0.435. The number of amides is 1. The summed E-state index contributed by atoms with van der Waals surface area (Å²) in [5.41, 5.74) is 2.85. The van der Waals surface area contributed by atoms with E-state index in [1.807, 2.05) is 41.0 Å². The first-order valence-corrected chi connectivity index (χ1v) is 11.3. The zero-order valence-corrected chi connectivity index (χ0v) is 19.0. The average molecular weight is 456 g/mol. The Balaban J connectivity index is 1.18. The van der Waals surface area contributed by atoms with Gasteiger partial charge in [0, 0.05) is 57.1 Å². The van der Waals surface area contributed by atoms with Crippen LogP contribution in [-0.4, -0.2) is 72.3 Å². The van der Waals surface area contributed by atoms with E-state index in [1.165, 1.54) is 0 Å². The molecule has 2 aliphatic heterocycles. The van der Waals surface area contributed by atoms with Gasteiger partial charge in [-0.25, -0.2) is 4.98 Å². The quantitative estimate of drug-likeness (QED) is 0.545. The Hall–Kier alpha value is -2.84. The van der Waals surface area contributed by atoms with E-state index < -0.39 is 0 Å². The number of carbonyl (C=O) groups excluding carboxylic acids is 1. The van der Waals surface area contributed by atoms with E-state index in [9.17, 15) is 4.79 Å². The van der Waals surface area contributed by atoms with Crippen LogP contribution in [0.1, 0.15) is 24.2 Å². The Morgan fingerprint density at radius 1 is 1.06 bits per heavy atom. The topological polar surface area (TPSA) is 74.9 Å². The summed E-state index contributed by atoms with van der Waals surface area (Å²) >= 11 is 5.93. The van der Waals surface area contributed by atoms with Crippen molar-refractivity contribution in [2.75, 3.05) is 55.7 Å². The van der Waals surface area contributed by atoms with E-state index in [1.54, 1.807) is 12.1 Å². The monoisotopic (exact) mass is 455 g/mol. The van der Waals surface area contributed by atoms with Crippen molar-refractivity contribution in [1.29, 1.82) is 0 Å². The van der Waals surface area contributed by atoms with Crippen molar-refractivity contribution >= 4 is 40.4 Å². The molecule has 0 N–H and O–H groups in total. The number of pyridine rings is 1. The van der Waals surface area contributed by atoms with E-state index in [0.29, 0.717) is 54.1 Å². The number of ether oxygens (including phenoxy) is 1. The van der Waals surface area contributed by atoms with Gasteiger partial charge in [0.2, 0.25) is 5.65 Å². The summed E-state index contributed by atoms with van der Waals surface area (Å²) < 4.78 is 11.6. The van der Waals surface area contributed by atoms with Crippen molar-refractivity contribution in [3.8, 4) is 0 Å². The normalized spacial score (nSPS) is 18.2. The average Bonchev–Trinajstić information content (AvgIpc) is 3.20. The number of hydrogen-bond acceptors (Lipinski definition) is 7. The van der Waals surface area contributed by atoms with E-state index in [0.717, 1.165) is 25.4 Å². The summed E-state index contributed by atoms with van der Waals surface area (Å²) in [6, 6.07) is 11.8. The number of oxazole rings is 1. The van der Waals surface area contributed by atoms with E-state index in [-0.39, 0.29) is 11.5 Å². The van der Waals surface area contributed by atoms with Crippen molar-refractivity contribution in [1.82, 2.24) is 14.9 Å². The Morgan fingerprint density at radius 3 is 2.47 bits per heavy atom. The smallest absolute Gasteiger partial charge is 0.300 e. The van der Waals surface area contributed by atoms with Gasteiger partial charge in [0.25, 0.3) is 11.9 Å². The van der Waals surface area contributed by atoms with Crippen LogP contribution in [-0.2, 0) is 4.74 Å². The van der Waals surface area contributed by atoms with Crippen molar-refractivity contribution in [2.24, 2.45) is 0 Å². The molecule has 0 aliphatic carbocycles. The van der Waals surface area contributed by atoms with Gasteiger partial charge in [0.05, 0.1) is 0 Å². The van der Waals surface area contributed by atoms with Gasteiger partial charge in [-0.15, -0.1) is 0 Å². The molecule has 0 spiro atoms. The van der Waals surface area contributed by atoms with Crippen LogP contribution < -0.4 is 9.80 Å². The second kappa shape index (κ2) is 8.26. The molecule has 2 aliphatic rings. The maximum absolute atomic E-state index is 13.0. The molecule has 8 nitrogen and oxygen atoms in total. The fourth-order valence-corrected chi connectivity index (χ4v) is 4.54. The van der Waals surface area contributed by atoms with Gasteiger partial charge in [0.1, 0.15) is 10.8 Å². The summed E-state index contributed by atoms with van der Waals surface area (Å²) in [5, 5.41) is 0.385. The minimum atomic E-state index is -0.0695. The van der Waals surface area contributed by atoms with Crippen LogP contribution in [0.5, 0.6) is 0 Å². The lowest BCUT2D eigenvalue weighted by atomic mass is 9.95. The molecule has 5 rings (SSSR count). The first-order chi connectivity index (χ1) is 15.4. The fourth-order valence-electron chi connectivity index (χ4n) is 4.40. The minimum Gasteiger partial charge on any atom is -0.422 e. The van der Waals surface area contributed by atoms with Crippen molar-refractivity contribution in [3.63, 3.8) is 0 Å². The molecule has 9 heteroatoms. The van der Waals surface area contributed by atoms with Gasteiger partial charge in [-0.1, -0.05) is 11.6 Å². The number of hydrogen-bond donors (Lipinski definition) is 0. The third kappa shape index (κ3) is 4.00. The first-order valence-electron chi connectivity index (χ1n) is 10.9. The Kier molecular flexibility index (Phi) is 5.43. The molecule has 0 bridgehead atoms. The van der Waals surface area contributed by atoms with Gasteiger partial charge in [0.15, 0.2) is 5.58 Å². The van der Waals surface area contributed by atoms with Crippen molar-refractivity contribution in [2.45, 2.75) is 19.4 Å². The van der Waals surface area contributed by atoms with E-state index in [2.05, 4.69) is 21.8 Å². The van der Waals surface area contributed by atoms with E-state index >= 15 is 0 Å². The van der Waals surface area contributed by atoms with Crippen LogP contribution in [0, 0.1) is 0 Å². The summed E-state index contributed by atoms with van der Waals surface area (Å²) in [6.45, 7) is 9.12. The second-order valence-electron chi connectivity index (χ2n) is 8.52. The maximum atomic E-state index is 13.0. The molecule has 3 aromatic rings. The van der Waals surface area contributed by atoms with Gasteiger partial charge >= 0.3 is 0 Å². The van der Waals surface area contributed by atoms with Crippen LogP contribution in [0.25, 0.3) is 11.2 Å². The van der Waals surface area contributed by atoms with E-state index in [4.69, 9.17) is 20.8 Å². The second-order valence-corrected chi connectivity index (χ2v) is 8.90. The maximum Gasteiger partial charge on any atom is 0.300 e. The zero-order chi connectivity index (χ0) is 22.3. The molecular weight excluding hydrogens is 430 g/mol. The highest BCUT2D eigenvalue weighted by molar-refractivity contribution is 6.29. The number of fused-ring (bicyclic) bond motifs is 1. The molecule has 4 heterocycles. The SMILES string of the molecule is CCOC1(C)CN(c2ccc(C(=O)N3CCN(c4nc5nc(Cl)ccc5o4)CC3)cc2)C1. The molecule has 0 saturated carbocycles. The number of nitrogens with zero attached hydrogens (tertiary/aromatic N) is 5. The molecular formula is C23H26ClN5O3. The molecule has 168 valence electrons. The van der Waals surface area contributed by atoms with Gasteiger partial charge in [-0.05, 0) is 50.2 Å². The summed E-state index contributed by atoms with van der Waals surface area (Å²) in [7, 11) is 0. The highest BCUT2D eigenvalue weighted by Gasteiger charge is 2.39. The summed E-state index contributed by atoms with van der Waals surface area (Å²) in [5.74, 6) is 0.0463. The molecule has 0 radical (unpaired) electrons. The Morgan fingerprint density at radius 2 is 1.78 bits per heavy atom. The molecule has 1 amide bonds. The van der Waals surface area contributed by atoms with Gasteiger partial charge in [-0.3, -0.25) is 4.79 Å². The largest absolute Gasteiger partial charge is 0.422 e. The molecule has 2 saturated heterocycles. The predicted octanol–water partition coefficient (Wildman–Crippen LogP) is 3.45. The molecule has 0 unspecified atom stereocenters. The van der Waals surface area contributed by atoms with Gasteiger partial charge in [-0.2, -0.15) is 4.98 Å². The number of benzene rings is 1. The zero-order valence-electron chi connectivity index (χ0n) is 18.3. The minimum absolute atomic E-state index is 0.0463. The number of anilines is 2. The lowest BCUT2D eigenvalue weighted by Crippen LogP contribution is -2.61. The lowest BCUT2D eigenvalue weighted by molar-refractivity contribution is -0.0445. The highest BCUT2D eigenvalue weighted by atomic mass is 35.5. The first kappa shape index (κ1) is 21.0. The van der Waals surface area contributed by atoms with Crippen LogP contribution in [0.3, 0.4) is 0 Å². The Bertz CT molecular complexity index is 1120. The number of aromatic nitrogens is 2. The van der Waals surface area contributed by atoms with Gasteiger partial charge < -0.3 is 23.9 Å². The standard InChI is InChI=1S/C23H26ClN5O3/c1-3-31-23(2)14-29(15-23)17-6-4-16(5-7-17)21(30)27-10-12-28(13-11-27)22-26-20-18(32-22)8-9-19(24)25-20/h4-9H,3,10-15H2,1-2H3. The summed E-state index contributed by atoms with van der Waals surface area (Å²) in [4.78, 5) is 27.8. The number of rotatable bonds is 5. The van der Waals surface area contributed by atoms with Crippen LogP contribution in [0.15, 0.2) is 40.8 Å². The third-order valence-corrected chi connectivity index (χ3v) is 6.28. The third-order valence-electron chi connectivity index (χ3n) is 6.07. The number of carbonyl (C=O) groups is 1. The lowest BCUT2D eigenvalue weighted by Gasteiger charge is -2.48. The molecule has 2 fully saturated rings. The van der Waals surface area contributed by atoms with Crippen molar-refractivity contribution in [3.05, 3.63) is 47.1 Å². The molecule has 1 aromatic carbocycles. The van der Waals surface area contributed by atoms with Crippen LogP contribution in [0.2, 0.25) is 5.15 Å². The highest BCUT2D eigenvalue weighted by Crippen LogP contribution is 2.30.